The Balaban J connectivity index is 2.39. The molecule has 5 nitrogen and oxygen atoms in total. The van der Waals surface area contributed by atoms with Gasteiger partial charge in [0.25, 0.3) is 0 Å². The van der Waals surface area contributed by atoms with Gasteiger partial charge in [-0.15, -0.1) is 0 Å². The highest BCUT2D eigenvalue weighted by Crippen LogP contribution is 2.46. The number of hydrogen-bond donors (Lipinski definition) is 0. The Morgan fingerprint density at radius 3 is 2.52 bits per heavy atom. The van der Waals surface area contributed by atoms with Crippen molar-refractivity contribution in [3.8, 4) is 0 Å². The van der Waals surface area contributed by atoms with Gasteiger partial charge in [0, 0.05) is 12.3 Å². The molecule has 0 aromatic carbocycles. The average molecular weight is 320 g/mol. The summed E-state index contributed by atoms with van der Waals surface area (Å²) in [7, 11) is 1.14. The minimum atomic E-state index is -1.01. The summed E-state index contributed by atoms with van der Waals surface area (Å²) in [5.74, 6) is -1.80. The smallest absolute Gasteiger partial charge is 0.418 e. The van der Waals surface area contributed by atoms with Crippen LogP contribution in [0.3, 0.4) is 0 Å². The second-order valence-electron chi connectivity index (χ2n) is 6.83. The molecule has 0 spiro atoms. The van der Waals surface area contributed by atoms with Crippen molar-refractivity contribution in [3.63, 3.8) is 0 Å². The number of fused-ring (bicyclic) bond motifs is 1. The van der Waals surface area contributed by atoms with Gasteiger partial charge in [-0.3, -0.25) is 4.79 Å². The number of carbonyl (C=O) groups excluding carboxylic acids is 3. The van der Waals surface area contributed by atoms with Gasteiger partial charge in [-0.05, 0) is 43.8 Å². The topological polar surface area (TPSA) is 69.7 Å². The molecule has 2 aliphatic carbocycles. The summed E-state index contributed by atoms with van der Waals surface area (Å²) in [6.07, 6.45) is 3.75. The first kappa shape index (κ1) is 17.4. The number of Topliss-reactive ketones (excluding diaryl/α,β-unsaturated/α-hetero) is 1. The maximum Gasteiger partial charge on any atom is 0.418 e. The normalized spacial score (nSPS) is 27.5. The molecule has 0 N–H and O–H groups in total. The number of esters is 2. The van der Waals surface area contributed by atoms with E-state index in [0.29, 0.717) is 18.8 Å². The summed E-state index contributed by atoms with van der Waals surface area (Å²) in [6, 6.07) is 0. The molecule has 5 heteroatoms. The Morgan fingerprint density at radius 1 is 1.30 bits per heavy atom. The third-order valence-corrected chi connectivity index (χ3v) is 5.02. The first-order valence-corrected chi connectivity index (χ1v) is 7.95. The molecule has 0 radical (unpaired) electrons. The lowest BCUT2D eigenvalue weighted by molar-refractivity contribution is -0.178. The zero-order valence-corrected chi connectivity index (χ0v) is 14.4. The number of ketones is 1. The molecule has 0 heterocycles. The van der Waals surface area contributed by atoms with Crippen LogP contribution in [0.5, 0.6) is 0 Å². The zero-order valence-electron chi connectivity index (χ0n) is 14.4. The van der Waals surface area contributed by atoms with Crippen molar-refractivity contribution in [3.05, 3.63) is 22.8 Å². The Labute approximate surface area is 136 Å². The van der Waals surface area contributed by atoms with E-state index in [1.807, 2.05) is 13.8 Å². The van der Waals surface area contributed by atoms with E-state index in [1.54, 1.807) is 0 Å². The predicted molar refractivity (Wildman–Crippen MR) is 84.5 cm³/mol. The van der Waals surface area contributed by atoms with Crippen molar-refractivity contribution >= 4 is 17.7 Å². The van der Waals surface area contributed by atoms with Crippen LogP contribution in [-0.2, 0) is 23.9 Å². The van der Waals surface area contributed by atoms with E-state index in [4.69, 9.17) is 4.74 Å². The minimum absolute atomic E-state index is 0.0756. The van der Waals surface area contributed by atoms with Crippen molar-refractivity contribution in [2.45, 2.75) is 52.6 Å². The third-order valence-electron chi connectivity index (χ3n) is 5.02. The summed E-state index contributed by atoms with van der Waals surface area (Å²) >= 11 is 0. The Morgan fingerprint density at radius 2 is 1.96 bits per heavy atom. The number of carbonyl (C=O) groups is 3. The maximum absolute atomic E-state index is 12.2. The molecule has 0 saturated carbocycles. The first-order valence-electron chi connectivity index (χ1n) is 7.95. The zero-order chi connectivity index (χ0) is 17.4. The summed E-state index contributed by atoms with van der Waals surface area (Å²) in [6.45, 7) is 7.84. The van der Waals surface area contributed by atoms with Crippen molar-refractivity contribution in [1.29, 1.82) is 0 Å². The highest BCUT2D eigenvalue weighted by atomic mass is 16.6. The van der Waals surface area contributed by atoms with Gasteiger partial charge in [0.15, 0.2) is 5.78 Å². The van der Waals surface area contributed by atoms with E-state index in [9.17, 15) is 14.4 Å². The number of ether oxygens (including phenoxy) is 2. The molecule has 2 atom stereocenters. The summed E-state index contributed by atoms with van der Waals surface area (Å²) in [4.78, 5) is 35.5. The molecule has 0 saturated heterocycles. The third kappa shape index (κ3) is 3.23. The van der Waals surface area contributed by atoms with Crippen LogP contribution in [0, 0.1) is 11.8 Å². The largest absolute Gasteiger partial charge is 0.461 e. The lowest BCUT2D eigenvalue weighted by atomic mass is 9.82. The van der Waals surface area contributed by atoms with E-state index in [-0.39, 0.29) is 11.7 Å². The van der Waals surface area contributed by atoms with E-state index in [0.717, 1.165) is 24.7 Å². The Hall–Kier alpha value is -1.91. The molecular formula is C18H24O5. The number of hydrogen-bond acceptors (Lipinski definition) is 5. The molecule has 0 amide bonds. The molecule has 0 aromatic rings. The maximum atomic E-state index is 12.2. The van der Waals surface area contributed by atoms with Crippen LogP contribution in [-0.4, -0.2) is 30.4 Å². The van der Waals surface area contributed by atoms with Gasteiger partial charge in [0.2, 0.25) is 0 Å². The molecule has 0 bridgehead atoms. The molecule has 2 aliphatic rings. The molecule has 0 fully saturated rings. The highest BCUT2D eigenvalue weighted by Gasteiger charge is 2.47. The van der Waals surface area contributed by atoms with Crippen LogP contribution < -0.4 is 0 Å². The van der Waals surface area contributed by atoms with E-state index in [2.05, 4.69) is 24.7 Å². The molecular weight excluding hydrogens is 296 g/mol. The van der Waals surface area contributed by atoms with Crippen molar-refractivity contribution in [2.24, 2.45) is 11.8 Å². The molecule has 2 rings (SSSR count). The summed E-state index contributed by atoms with van der Waals surface area (Å²) < 4.78 is 9.95. The Bertz CT molecular complexity index is 611. The van der Waals surface area contributed by atoms with Gasteiger partial charge >= 0.3 is 11.9 Å². The van der Waals surface area contributed by atoms with Crippen LogP contribution >= 0.6 is 0 Å². The van der Waals surface area contributed by atoms with Crippen LogP contribution in [0.2, 0.25) is 0 Å². The lowest BCUT2D eigenvalue weighted by Gasteiger charge is -2.34. The van der Waals surface area contributed by atoms with Gasteiger partial charge in [0.1, 0.15) is 5.60 Å². The minimum Gasteiger partial charge on any atom is -0.461 e. The number of allylic oxidation sites excluding steroid dienone is 3. The van der Waals surface area contributed by atoms with E-state index < -0.39 is 17.5 Å². The average Bonchev–Trinajstić information content (AvgIpc) is 2.69. The van der Waals surface area contributed by atoms with E-state index >= 15 is 0 Å². The van der Waals surface area contributed by atoms with Crippen LogP contribution in [0.4, 0.5) is 0 Å². The number of rotatable bonds is 2. The molecule has 0 aromatic heterocycles. The fourth-order valence-electron chi connectivity index (χ4n) is 3.38. The monoisotopic (exact) mass is 320 g/mol. The molecule has 0 aliphatic heterocycles. The van der Waals surface area contributed by atoms with Gasteiger partial charge in [-0.1, -0.05) is 25.5 Å². The van der Waals surface area contributed by atoms with Crippen LogP contribution in [0.1, 0.15) is 47.0 Å². The predicted octanol–water partition coefficient (Wildman–Crippen LogP) is 2.74. The van der Waals surface area contributed by atoms with Gasteiger partial charge in [-0.2, -0.15) is 0 Å². The standard InChI is InChI=1S/C18H24O5/c1-10(2)12-6-7-18(4,23-17(21)16(20)22-5)14-9-15(19)11(3)13(14)8-12/h8,10,14H,6-7,9H2,1-5H3/t14-,18-/m1/s1. The second kappa shape index (κ2) is 6.30. The van der Waals surface area contributed by atoms with Gasteiger partial charge < -0.3 is 9.47 Å². The molecule has 126 valence electrons. The van der Waals surface area contributed by atoms with Gasteiger partial charge in [0.05, 0.1) is 7.11 Å². The van der Waals surface area contributed by atoms with Crippen molar-refractivity contribution in [2.75, 3.05) is 7.11 Å². The lowest BCUT2D eigenvalue weighted by Crippen LogP contribution is -2.41. The second-order valence-corrected chi connectivity index (χ2v) is 6.83. The number of methoxy groups -OCH3 is 1. The van der Waals surface area contributed by atoms with E-state index in [1.165, 1.54) is 5.57 Å². The van der Waals surface area contributed by atoms with Gasteiger partial charge in [-0.25, -0.2) is 9.59 Å². The summed E-state index contributed by atoms with van der Waals surface area (Å²) in [5.41, 5.74) is 2.02. The van der Waals surface area contributed by atoms with Crippen LogP contribution in [0.25, 0.3) is 0 Å². The summed E-state index contributed by atoms with van der Waals surface area (Å²) in [5, 5.41) is 0. The van der Waals surface area contributed by atoms with Crippen molar-refractivity contribution in [1.82, 2.24) is 0 Å². The van der Waals surface area contributed by atoms with Crippen molar-refractivity contribution < 1.29 is 23.9 Å². The quantitative estimate of drug-likeness (QED) is 0.578. The fraction of sp³-hybridized carbons (Fsp3) is 0.611. The fourth-order valence-corrected chi connectivity index (χ4v) is 3.38. The Kier molecular flexibility index (Phi) is 4.78. The SMILES string of the molecule is COC(=O)C(=O)O[C@]1(C)CCC(C(C)C)=CC2=C(C)C(=O)C[C@H]21. The highest BCUT2D eigenvalue weighted by molar-refractivity contribution is 6.29. The first-order chi connectivity index (χ1) is 10.7. The molecule has 23 heavy (non-hydrogen) atoms. The molecule has 0 unspecified atom stereocenters. The van der Waals surface area contributed by atoms with Crippen LogP contribution in [0.15, 0.2) is 22.8 Å².